The summed E-state index contributed by atoms with van der Waals surface area (Å²) in [5.74, 6) is -1.05. The Kier molecular flexibility index (Phi) is 5.85. The molecule has 1 spiro atoms. The first-order valence-corrected chi connectivity index (χ1v) is 11.3. The molecule has 2 fully saturated rings. The number of esters is 1. The van der Waals surface area contributed by atoms with Crippen molar-refractivity contribution in [2.45, 2.75) is 88.3 Å². The zero-order valence-electron chi connectivity index (χ0n) is 18.0. The van der Waals surface area contributed by atoms with Crippen LogP contribution in [0.4, 0.5) is 0 Å². The fraction of sp³-hybridized carbons (Fsp3) is 0.625. The van der Waals surface area contributed by atoms with Crippen LogP contribution in [0.5, 0.6) is 0 Å². The molecule has 3 aliphatic rings. The second-order valence-corrected chi connectivity index (χ2v) is 9.05. The zero-order valence-corrected chi connectivity index (χ0v) is 18.0. The van der Waals surface area contributed by atoms with Crippen LogP contribution in [0.1, 0.15) is 86.6 Å². The molecule has 1 N–H and O–H groups in total. The molecular formula is C24H32N2O4. The number of ether oxygens (including phenoxy) is 1. The minimum Gasteiger partial charge on any atom is -0.467 e. The molecule has 6 nitrogen and oxygen atoms in total. The molecule has 2 saturated carbocycles. The summed E-state index contributed by atoms with van der Waals surface area (Å²) in [4.78, 5) is 41.5. The molecule has 162 valence electrons. The van der Waals surface area contributed by atoms with Crippen LogP contribution >= 0.6 is 0 Å². The van der Waals surface area contributed by atoms with Gasteiger partial charge in [-0.15, -0.1) is 0 Å². The van der Waals surface area contributed by atoms with Gasteiger partial charge in [-0.05, 0) is 44.2 Å². The molecule has 0 radical (unpaired) electrons. The van der Waals surface area contributed by atoms with Gasteiger partial charge < -0.3 is 15.0 Å². The molecule has 2 aliphatic carbocycles. The Hall–Kier alpha value is -2.37. The highest BCUT2D eigenvalue weighted by Crippen LogP contribution is 2.51. The number of carbonyl (C=O) groups is 3. The van der Waals surface area contributed by atoms with Gasteiger partial charge in [-0.1, -0.05) is 50.3 Å². The highest BCUT2D eigenvalue weighted by molar-refractivity contribution is 6.02. The molecule has 4 rings (SSSR count). The van der Waals surface area contributed by atoms with Crippen LogP contribution in [0.2, 0.25) is 0 Å². The molecule has 0 bridgehead atoms. The van der Waals surface area contributed by atoms with E-state index in [1.54, 1.807) is 6.92 Å². The van der Waals surface area contributed by atoms with E-state index >= 15 is 0 Å². The standard InChI is InChI=1S/C24H32N2O4/c1-16(23(29)30-2)25-21(27)20-18-12-6-7-13-19(18)22(28)26(17-10-4-5-11-17)24(20)14-8-3-9-15-24/h6-7,12-13,16-17,20H,3-5,8-11,14-15H2,1-2H3,(H,25,27). The summed E-state index contributed by atoms with van der Waals surface area (Å²) in [6, 6.07) is 7.00. The maximum Gasteiger partial charge on any atom is 0.328 e. The minimum atomic E-state index is -0.729. The van der Waals surface area contributed by atoms with E-state index in [4.69, 9.17) is 4.74 Å². The molecule has 0 aromatic heterocycles. The number of carbonyl (C=O) groups excluding carboxylic acids is 3. The van der Waals surface area contributed by atoms with Crippen LogP contribution < -0.4 is 5.32 Å². The number of benzene rings is 1. The number of nitrogens with one attached hydrogen (secondary N) is 1. The average molecular weight is 413 g/mol. The SMILES string of the molecule is COC(=O)C(C)NC(=O)C1c2ccccc2C(=O)N(C2CCCC2)C12CCCCC2. The Balaban J connectivity index is 1.81. The Morgan fingerprint density at radius 1 is 1.10 bits per heavy atom. The highest BCUT2D eigenvalue weighted by Gasteiger charge is 2.56. The molecule has 1 aromatic rings. The monoisotopic (exact) mass is 412 g/mol. The first-order chi connectivity index (χ1) is 14.5. The van der Waals surface area contributed by atoms with Gasteiger partial charge in [-0.2, -0.15) is 0 Å². The van der Waals surface area contributed by atoms with Crippen molar-refractivity contribution < 1.29 is 19.1 Å². The number of hydrogen-bond donors (Lipinski definition) is 1. The minimum absolute atomic E-state index is 0.0736. The maximum absolute atomic E-state index is 13.7. The molecule has 30 heavy (non-hydrogen) atoms. The van der Waals surface area contributed by atoms with Gasteiger partial charge in [-0.25, -0.2) is 4.79 Å². The number of methoxy groups -OCH3 is 1. The maximum atomic E-state index is 13.7. The lowest BCUT2D eigenvalue weighted by atomic mass is 9.64. The van der Waals surface area contributed by atoms with E-state index in [2.05, 4.69) is 10.2 Å². The average Bonchev–Trinajstić information content (AvgIpc) is 3.28. The molecule has 2 amide bonds. The van der Waals surface area contributed by atoms with E-state index in [0.717, 1.165) is 63.4 Å². The van der Waals surface area contributed by atoms with Gasteiger partial charge in [0.2, 0.25) is 5.91 Å². The van der Waals surface area contributed by atoms with E-state index < -0.39 is 23.5 Å². The third-order valence-electron chi connectivity index (χ3n) is 7.32. The normalized spacial score (nSPS) is 24.4. The lowest BCUT2D eigenvalue weighted by Crippen LogP contribution is -2.65. The number of rotatable bonds is 4. The number of hydrogen-bond acceptors (Lipinski definition) is 4. The molecular weight excluding hydrogens is 380 g/mol. The molecule has 1 heterocycles. The summed E-state index contributed by atoms with van der Waals surface area (Å²) >= 11 is 0. The summed E-state index contributed by atoms with van der Waals surface area (Å²) in [6.45, 7) is 1.64. The summed E-state index contributed by atoms with van der Waals surface area (Å²) in [5.41, 5.74) is 0.915. The molecule has 1 aliphatic heterocycles. The molecule has 2 unspecified atom stereocenters. The van der Waals surface area contributed by atoms with Crippen molar-refractivity contribution in [2.24, 2.45) is 0 Å². The first-order valence-electron chi connectivity index (χ1n) is 11.3. The highest BCUT2D eigenvalue weighted by atomic mass is 16.5. The van der Waals surface area contributed by atoms with Gasteiger partial charge in [0.05, 0.1) is 18.6 Å². The Morgan fingerprint density at radius 3 is 2.43 bits per heavy atom. The Labute approximate surface area is 178 Å². The zero-order chi connectivity index (χ0) is 21.3. The fourth-order valence-corrected chi connectivity index (χ4v) is 6.01. The fourth-order valence-electron chi connectivity index (χ4n) is 6.01. The van der Waals surface area contributed by atoms with Crippen molar-refractivity contribution >= 4 is 17.8 Å². The Morgan fingerprint density at radius 2 is 1.77 bits per heavy atom. The van der Waals surface area contributed by atoms with Gasteiger partial charge in [0, 0.05) is 11.6 Å². The van der Waals surface area contributed by atoms with Gasteiger partial charge in [0.25, 0.3) is 5.91 Å². The topological polar surface area (TPSA) is 75.7 Å². The van der Waals surface area contributed by atoms with Gasteiger partial charge in [0.1, 0.15) is 6.04 Å². The van der Waals surface area contributed by atoms with E-state index in [1.807, 2.05) is 24.3 Å². The first kappa shape index (κ1) is 20.9. The number of amides is 2. The van der Waals surface area contributed by atoms with Crippen LogP contribution in [-0.4, -0.2) is 47.4 Å². The predicted octanol–water partition coefficient (Wildman–Crippen LogP) is 3.55. The third kappa shape index (κ3) is 3.40. The van der Waals surface area contributed by atoms with E-state index in [1.165, 1.54) is 7.11 Å². The summed E-state index contributed by atoms with van der Waals surface area (Å²) in [7, 11) is 1.32. The van der Waals surface area contributed by atoms with E-state index in [0.29, 0.717) is 5.56 Å². The summed E-state index contributed by atoms with van der Waals surface area (Å²) < 4.78 is 4.81. The van der Waals surface area contributed by atoms with Crippen LogP contribution in [0.15, 0.2) is 24.3 Å². The number of fused-ring (bicyclic) bond motifs is 1. The smallest absolute Gasteiger partial charge is 0.328 e. The quantitative estimate of drug-likeness (QED) is 0.768. The molecule has 1 aromatic carbocycles. The molecule has 6 heteroatoms. The largest absolute Gasteiger partial charge is 0.467 e. The van der Waals surface area contributed by atoms with Crippen molar-refractivity contribution in [3.63, 3.8) is 0 Å². The Bertz CT molecular complexity index is 824. The van der Waals surface area contributed by atoms with Crippen LogP contribution in [0, 0.1) is 0 Å². The van der Waals surface area contributed by atoms with Crippen molar-refractivity contribution in [1.29, 1.82) is 0 Å². The third-order valence-corrected chi connectivity index (χ3v) is 7.32. The second-order valence-electron chi connectivity index (χ2n) is 9.05. The molecule has 0 saturated heterocycles. The van der Waals surface area contributed by atoms with Crippen molar-refractivity contribution in [3.8, 4) is 0 Å². The molecule has 2 atom stereocenters. The number of nitrogens with zero attached hydrogens (tertiary/aromatic N) is 1. The van der Waals surface area contributed by atoms with Gasteiger partial charge in [0.15, 0.2) is 0 Å². The predicted molar refractivity (Wildman–Crippen MR) is 113 cm³/mol. The summed E-state index contributed by atoms with van der Waals surface area (Å²) in [6.07, 6.45) is 9.06. The van der Waals surface area contributed by atoms with Crippen LogP contribution in [0.3, 0.4) is 0 Å². The van der Waals surface area contributed by atoms with Crippen molar-refractivity contribution in [3.05, 3.63) is 35.4 Å². The van der Waals surface area contributed by atoms with Gasteiger partial charge >= 0.3 is 5.97 Å². The van der Waals surface area contributed by atoms with Crippen LogP contribution in [-0.2, 0) is 14.3 Å². The van der Waals surface area contributed by atoms with Crippen LogP contribution in [0.25, 0.3) is 0 Å². The lowest BCUT2D eigenvalue weighted by Gasteiger charge is -2.56. The van der Waals surface area contributed by atoms with E-state index in [-0.39, 0.29) is 17.9 Å². The summed E-state index contributed by atoms with van der Waals surface area (Å²) in [5, 5.41) is 2.89. The van der Waals surface area contributed by atoms with Crippen molar-refractivity contribution in [2.75, 3.05) is 7.11 Å². The van der Waals surface area contributed by atoms with E-state index in [9.17, 15) is 14.4 Å². The van der Waals surface area contributed by atoms with Crippen molar-refractivity contribution in [1.82, 2.24) is 10.2 Å². The lowest BCUT2D eigenvalue weighted by molar-refractivity contribution is -0.145. The van der Waals surface area contributed by atoms with Gasteiger partial charge in [-0.3, -0.25) is 9.59 Å². The second kappa shape index (κ2) is 8.40.